The van der Waals surface area contributed by atoms with Gasteiger partial charge in [0.05, 0.1) is 12.7 Å². The largest absolute Gasteiger partial charge is 0.392 e. The Kier molecular flexibility index (Phi) is 5.28. The Balaban J connectivity index is 2.87. The van der Waals surface area contributed by atoms with E-state index >= 15 is 0 Å². The molecule has 1 aromatic rings. The van der Waals surface area contributed by atoms with Crippen LogP contribution in [0.4, 0.5) is 0 Å². The Morgan fingerprint density at radius 1 is 1.31 bits per heavy atom. The smallest absolute Gasteiger partial charge is 0.105 e. The van der Waals surface area contributed by atoms with E-state index in [1.165, 1.54) is 0 Å². The summed E-state index contributed by atoms with van der Waals surface area (Å²) in [5.41, 5.74) is 2.38. The molecule has 0 bridgehead atoms. The lowest BCUT2D eigenvalue weighted by Gasteiger charge is -2.18. The molecule has 0 saturated heterocycles. The second-order valence-corrected chi connectivity index (χ2v) is 4.32. The molecule has 0 radical (unpaired) electrons. The van der Waals surface area contributed by atoms with Crippen LogP contribution in [0.3, 0.4) is 0 Å². The molecule has 1 aromatic carbocycles. The number of hydrogen-bond donors (Lipinski definition) is 4. The van der Waals surface area contributed by atoms with Crippen LogP contribution in [0.25, 0.3) is 0 Å². The highest BCUT2D eigenvalue weighted by atomic mass is 32.1. The fraction of sp³-hybridized carbons (Fsp3) is 0.500. The number of benzene rings is 1. The van der Waals surface area contributed by atoms with Crippen molar-refractivity contribution in [2.45, 2.75) is 32.2 Å². The van der Waals surface area contributed by atoms with Crippen LogP contribution >= 0.6 is 12.6 Å². The van der Waals surface area contributed by atoms with Crippen molar-refractivity contribution in [3.63, 3.8) is 0 Å². The maximum atomic E-state index is 9.87. The average Bonchev–Trinajstić information content (AvgIpc) is 2.29. The van der Waals surface area contributed by atoms with Crippen LogP contribution in [0.5, 0.6) is 0 Å². The van der Waals surface area contributed by atoms with E-state index in [-0.39, 0.29) is 6.61 Å². The highest BCUT2D eigenvalue weighted by Gasteiger charge is 2.18. The topological polar surface area (TPSA) is 60.7 Å². The van der Waals surface area contributed by atoms with Crippen molar-refractivity contribution in [1.82, 2.24) is 0 Å². The van der Waals surface area contributed by atoms with Crippen LogP contribution in [-0.4, -0.2) is 27.2 Å². The summed E-state index contributed by atoms with van der Waals surface area (Å²) in [5, 5.41) is 28.6. The number of aliphatic hydroxyl groups excluding tert-OH is 3. The Morgan fingerprint density at radius 3 is 2.56 bits per heavy atom. The number of aryl methyl sites for hydroxylation is 1. The summed E-state index contributed by atoms with van der Waals surface area (Å²) in [6.07, 6.45) is -1.29. The number of aliphatic hydroxyl groups is 3. The van der Waals surface area contributed by atoms with E-state index in [9.17, 15) is 10.2 Å². The van der Waals surface area contributed by atoms with Gasteiger partial charge in [0.1, 0.15) is 6.10 Å². The summed E-state index contributed by atoms with van der Waals surface area (Å²) >= 11 is 4.01. The maximum Gasteiger partial charge on any atom is 0.105 e. The summed E-state index contributed by atoms with van der Waals surface area (Å²) in [5.74, 6) is 0.525. The Morgan fingerprint density at radius 2 is 2.00 bits per heavy atom. The molecule has 3 nitrogen and oxygen atoms in total. The third kappa shape index (κ3) is 3.22. The standard InChI is InChI=1S/C12H18O3S/c1-8-2-3-9(6-10(8)7-13)12(15)11(14)4-5-16/h2-3,6,11-16H,4-5,7H2,1H3. The van der Waals surface area contributed by atoms with Gasteiger partial charge < -0.3 is 15.3 Å². The van der Waals surface area contributed by atoms with Gasteiger partial charge in [0.15, 0.2) is 0 Å². The van der Waals surface area contributed by atoms with Crippen molar-refractivity contribution >= 4 is 12.6 Å². The van der Waals surface area contributed by atoms with Crippen LogP contribution < -0.4 is 0 Å². The van der Waals surface area contributed by atoms with Gasteiger partial charge in [-0.3, -0.25) is 0 Å². The van der Waals surface area contributed by atoms with Crippen molar-refractivity contribution in [3.8, 4) is 0 Å². The third-order valence-electron chi connectivity index (χ3n) is 2.67. The highest BCUT2D eigenvalue weighted by molar-refractivity contribution is 7.80. The van der Waals surface area contributed by atoms with E-state index in [0.717, 1.165) is 11.1 Å². The normalized spacial score (nSPS) is 14.8. The predicted octanol–water partition coefficient (Wildman–Crippen LogP) is 1.20. The molecule has 1 rings (SSSR count). The molecule has 90 valence electrons. The molecule has 2 atom stereocenters. The number of thiol groups is 1. The van der Waals surface area contributed by atoms with Crippen molar-refractivity contribution in [2.24, 2.45) is 0 Å². The quantitative estimate of drug-likeness (QED) is 0.587. The summed E-state index contributed by atoms with van der Waals surface area (Å²) in [7, 11) is 0. The minimum absolute atomic E-state index is 0.0605. The maximum absolute atomic E-state index is 9.87. The van der Waals surface area contributed by atoms with Crippen LogP contribution in [0, 0.1) is 6.92 Å². The zero-order chi connectivity index (χ0) is 12.1. The van der Waals surface area contributed by atoms with Crippen molar-refractivity contribution in [3.05, 3.63) is 34.9 Å². The van der Waals surface area contributed by atoms with Crippen molar-refractivity contribution < 1.29 is 15.3 Å². The summed E-state index contributed by atoms with van der Waals surface area (Å²) in [6, 6.07) is 5.32. The van der Waals surface area contributed by atoms with E-state index < -0.39 is 12.2 Å². The van der Waals surface area contributed by atoms with Crippen LogP contribution in [0.2, 0.25) is 0 Å². The molecule has 0 saturated carbocycles. The first kappa shape index (κ1) is 13.5. The van der Waals surface area contributed by atoms with E-state index in [1.807, 2.05) is 13.0 Å². The Bertz CT molecular complexity index is 341. The summed E-state index contributed by atoms with van der Waals surface area (Å²) in [4.78, 5) is 0. The van der Waals surface area contributed by atoms with Gasteiger partial charge in [-0.25, -0.2) is 0 Å². The van der Waals surface area contributed by atoms with Gasteiger partial charge >= 0.3 is 0 Å². The first-order valence-corrected chi connectivity index (χ1v) is 5.90. The molecule has 0 aromatic heterocycles. The lowest BCUT2D eigenvalue weighted by Crippen LogP contribution is -2.18. The minimum Gasteiger partial charge on any atom is -0.392 e. The Hall–Kier alpha value is -0.550. The van der Waals surface area contributed by atoms with Gasteiger partial charge in [-0.05, 0) is 35.8 Å². The molecule has 4 heteroatoms. The van der Waals surface area contributed by atoms with E-state index in [4.69, 9.17) is 5.11 Å². The van der Waals surface area contributed by atoms with Gasteiger partial charge in [0.2, 0.25) is 0 Å². The fourth-order valence-corrected chi connectivity index (χ4v) is 1.82. The first-order chi connectivity index (χ1) is 7.60. The molecule has 2 unspecified atom stereocenters. The molecule has 0 aliphatic heterocycles. The van der Waals surface area contributed by atoms with E-state index in [2.05, 4.69) is 12.6 Å². The fourth-order valence-electron chi connectivity index (χ4n) is 1.56. The second-order valence-electron chi connectivity index (χ2n) is 3.87. The zero-order valence-corrected chi connectivity index (χ0v) is 10.2. The molecule has 0 amide bonds. The molecule has 0 fully saturated rings. The van der Waals surface area contributed by atoms with Gasteiger partial charge in [-0.2, -0.15) is 12.6 Å². The number of rotatable bonds is 5. The Labute approximate surface area is 101 Å². The monoisotopic (exact) mass is 242 g/mol. The lowest BCUT2D eigenvalue weighted by molar-refractivity contribution is 0.0171. The average molecular weight is 242 g/mol. The highest BCUT2D eigenvalue weighted by Crippen LogP contribution is 2.22. The van der Waals surface area contributed by atoms with Crippen LogP contribution in [0.1, 0.15) is 29.2 Å². The molecule has 0 heterocycles. The SMILES string of the molecule is Cc1ccc(C(O)C(O)CCS)cc1CO. The predicted molar refractivity (Wildman–Crippen MR) is 66.5 cm³/mol. The van der Waals surface area contributed by atoms with Gasteiger partial charge in [0.25, 0.3) is 0 Å². The molecule has 0 aliphatic rings. The molecule has 16 heavy (non-hydrogen) atoms. The number of hydrogen-bond acceptors (Lipinski definition) is 4. The van der Waals surface area contributed by atoms with Crippen molar-refractivity contribution in [2.75, 3.05) is 5.75 Å². The molecular formula is C12H18O3S. The summed E-state index contributed by atoms with van der Waals surface area (Å²) < 4.78 is 0. The third-order valence-corrected chi connectivity index (χ3v) is 2.93. The lowest BCUT2D eigenvalue weighted by atomic mass is 9.98. The molecule has 3 N–H and O–H groups in total. The van der Waals surface area contributed by atoms with Gasteiger partial charge in [-0.15, -0.1) is 0 Å². The zero-order valence-electron chi connectivity index (χ0n) is 9.30. The minimum atomic E-state index is -0.918. The second kappa shape index (κ2) is 6.25. The molecule has 0 spiro atoms. The van der Waals surface area contributed by atoms with Crippen LogP contribution in [0.15, 0.2) is 18.2 Å². The molecular weight excluding hydrogens is 224 g/mol. The van der Waals surface area contributed by atoms with Gasteiger partial charge in [-0.1, -0.05) is 18.2 Å². The van der Waals surface area contributed by atoms with Crippen LogP contribution in [-0.2, 0) is 6.61 Å². The van der Waals surface area contributed by atoms with E-state index in [1.54, 1.807) is 12.1 Å². The van der Waals surface area contributed by atoms with Gasteiger partial charge in [0, 0.05) is 0 Å². The first-order valence-electron chi connectivity index (χ1n) is 5.27. The summed E-state index contributed by atoms with van der Waals surface area (Å²) in [6.45, 7) is 1.83. The molecule has 0 aliphatic carbocycles. The van der Waals surface area contributed by atoms with Crippen molar-refractivity contribution in [1.29, 1.82) is 0 Å². The van der Waals surface area contributed by atoms with E-state index in [0.29, 0.717) is 17.7 Å².